The van der Waals surface area contributed by atoms with Crippen LogP contribution in [-0.2, 0) is 11.0 Å². The lowest BCUT2D eigenvalue weighted by atomic mass is 9.94. The molecule has 2 aliphatic rings. The summed E-state index contributed by atoms with van der Waals surface area (Å²) in [5.74, 6) is -1.07. The van der Waals surface area contributed by atoms with E-state index in [9.17, 15) is 23.1 Å². The highest BCUT2D eigenvalue weighted by molar-refractivity contribution is 5.83. The molecule has 0 saturated heterocycles. The van der Waals surface area contributed by atoms with Crippen molar-refractivity contribution in [2.75, 3.05) is 6.54 Å². The van der Waals surface area contributed by atoms with Crippen LogP contribution in [0.25, 0.3) is 0 Å². The van der Waals surface area contributed by atoms with E-state index in [4.69, 9.17) is 0 Å². The Kier molecular flexibility index (Phi) is 5.09. The number of benzene rings is 1. The zero-order chi connectivity index (χ0) is 18.1. The highest BCUT2D eigenvalue weighted by Gasteiger charge is 2.48. The smallest absolute Gasteiger partial charge is 0.388 e. The summed E-state index contributed by atoms with van der Waals surface area (Å²) in [5.41, 5.74) is -1.33. The summed E-state index contributed by atoms with van der Waals surface area (Å²) in [4.78, 5) is 12.3. The minimum Gasteiger partial charge on any atom is -0.388 e. The number of carbonyl (C=O) groups excluding carboxylic acids is 1. The number of aliphatic hydroxyl groups is 1. The summed E-state index contributed by atoms with van der Waals surface area (Å²) in [5, 5.41) is 13.3. The molecule has 2 fully saturated rings. The average molecular weight is 355 g/mol. The van der Waals surface area contributed by atoms with Crippen LogP contribution in [0.3, 0.4) is 0 Å². The van der Waals surface area contributed by atoms with Crippen molar-refractivity contribution in [3.8, 4) is 0 Å². The van der Waals surface area contributed by atoms with Gasteiger partial charge in [0, 0.05) is 12.5 Å². The molecule has 2 N–H and O–H groups in total. The second kappa shape index (κ2) is 6.98. The lowest BCUT2D eigenvalue weighted by Gasteiger charge is -2.26. The van der Waals surface area contributed by atoms with Gasteiger partial charge in [0.2, 0.25) is 5.91 Å². The molecule has 1 aromatic rings. The van der Waals surface area contributed by atoms with Crippen LogP contribution in [0.2, 0.25) is 0 Å². The van der Waals surface area contributed by atoms with Crippen LogP contribution in [0, 0.1) is 5.92 Å². The van der Waals surface area contributed by atoms with Crippen LogP contribution in [-0.4, -0.2) is 23.2 Å². The fourth-order valence-electron chi connectivity index (χ4n) is 3.85. The predicted molar refractivity (Wildman–Crippen MR) is 88.0 cm³/mol. The Morgan fingerprint density at radius 2 is 1.80 bits per heavy atom. The van der Waals surface area contributed by atoms with Crippen molar-refractivity contribution >= 4 is 5.91 Å². The number of rotatable bonds is 4. The number of nitrogens with one attached hydrogen (secondary N) is 1. The molecule has 0 bridgehead atoms. The van der Waals surface area contributed by atoms with Gasteiger partial charge in [0.05, 0.1) is 11.2 Å². The van der Waals surface area contributed by atoms with E-state index < -0.39 is 23.3 Å². The Balaban J connectivity index is 1.60. The maximum absolute atomic E-state index is 13.1. The van der Waals surface area contributed by atoms with E-state index in [1.54, 1.807) is 6.07 Å². The molecular weight excluding hydrogens is 331 g/mol. The van der Waals surface area contributed by atoms with Crippen LogP contribution >= 0.6 is 0 Å². The molecule has 0 aromatic heterocycles. The number of hydrogen-bond acceptors (Lipinski definition) is 2. The zero-order valence-electron chi connectivity index (χ0n) is 14.1. The van der Waals surface area contributed by atoms with Crippen LogP contribution < -0.4 is 5.32 Å². The zero-order valence-corrected chi connectivity index (χ0v) is 14.1. The Bertz CT molecular complexity index is 621. The molecule has 0 heterocycles. The van der Waals surface area contributed by atoms with Gasteiger partial charge in [-0.1, -0.05) is 43.9 Å². The molecule has 1 amide bonds. The highest BCUT2D eigenvalue weighted by Crippen LogP contribution is 2.51. The van der Waals surface area contributed by atoms with Gasteiger partial charge < -0.3 is 10.4 Å². The third kappa shape index (κ3) is 4.35. The SMILES string of the molecule is O=C(NCC1(O)CCCCCC1)[C@@H]1C[C@@H]1c1ccccc1C(F)(F)F. The van der Waals surface area contributed by atoms with Gasteiger partial charge in [0.15, 0.2) is 0 Å². The average Bonchev–Trinajstić information content (AvgIpc) is 3.37. The van der Waals surface area contributed by atoms with E-state index in [1.165, 1.54) is 12.1 Å². The predicted octanol–water partition coefficient (Wildman–Crippen LogP) is 4.01. The summed E-state index contributed by atoms with van der Waals surface area (Å²) in [6, 6.07) is 5.47. The molecule has 138 valence electrons. The molecule has 3 rings (SSSR count). The van der Waals surface area contributed by atoms with Crippen molar-refractivity contribution in [1.29, 1.82) is 0 Å². The molecule has 3 nitrogen and oxygen atoms in total. The third-order valence-electron chi connectivity index (χ3n) is 5.42. The normalized spacial score (nSPS) is 25.9. The molecule has 2 aliphatic carbocycles. The summed E-state index contributed by atoms with van der Waals surface area (Å²) >= 11 is 0. The molecule has 2 atom stereocenters. The number of carbonyl (C=O) groups is 1. The second-order valence-corrected chi connectivity index (χ2v) is 7.39. The number of hydrogen-bond donors (Lipinski definition) is 2. The number of amides is 1. The highest BCUT2D eigenvalue weighted by atomic mass is 19.4. The van der Waals surface area contributed by atoms with Gasteiger partial charge in [-0.05, 0) is 36.8 Å². The van der Waals surface area contributed by atoms with E-state index >= 15 is 0 Å². The molecule has 25 heavy (non-hydrogen) atoms. The molecule has 0 unspecified atom stereocenters. The molecule has 0 radical (unpaired) electrons. The Hall–Kier alpha value is -1.56. The van der Waals surface area contributed by atoms with E-state index in [2.05, 4.69) is 5.32 Å². The lowest BCUT2D eigenvalue weighted by molar-refractivity contribution is -0.138. The standard InChI is InChI=1S/C19H24F3NO2/c20-19(21,22)16-8-4-3-7-13(16)14-11-15(14)17(24)23-12-18(25)9-5-1-2-6-10-18/h3-4,7-8,14-15,25H,1-2,5-6,9-12H2,(H,23,24)/t14-,15-/m1/s1. The maximum Gasteiger partial charge on any atom is 0.416 e. The van der Waals surface area contributed by atoms with E-state index in [0.29, 0.717) is 19.3 Å². The Morgan fingerprint density at radius 1 is 1.16 bits per heavy atom. The summed E-state index contributed by atoms with van der Waals surface area (Å²) in [6.07, 6.45) is 1.42. The largest absolute Gasteiger partial charge is 0.416 e. The fourth-order valence-corrected chi connectivity index (χ4v) is 3.85. The fraction of sp³-hybridized carbons (Fsp3) is 0.632. The first-order valence-electron chi connectivity index (χ1n) is 8.96. The second-order valence-electron chi connectivity index (χ2n) is 7.39. The van der Waals surface area contributed by atoms with Crippen molar-refractivity contribution in [3.63, 3.8) is 0 Å². The first kappa shape index (κ1) is 18.2. The maximum atomic E-state index is 13.1. The number of alkyl halides is 3. The van der Waals surface area contributed by atoms with Gasteiger partial charge in [-0.25, -0.2) is 0 Å². The van der Waals surface area contributed by atoms with Crippen LogP contribution in [0.1, 0.15) is 62.0 Å². The van der Waals surface area contributed by atoms with Crippen LogP contribution in [0.4, 0.5) is 13.2 Å². The van der Waals surface area contributed by atoms with Gasteiger partial charge >= 0.3 is 6.18 Å². The van der Waals surface area contributed by atoms with Gasteiger partial charge in [0.1, 0.15) is 0 Å². The molecule has 2 saturated carbocycles. The van der Waals surface area contributed by atoms with Crippen molar-refractivity contribution in [1.82, 2.24) is 5.32 Å². The molecule has 6 heteroatoms. The lowest BCUT2D eigenvalue weighted by Crippen LogP contribution is -2.43. The summed E-state index contributed by atoms with van der Waals surface area (Å²) in [6.45, 7) is 0.190. The quantitative estimate of drug-likeness (QED) is 0.802. The minimum atomic E-state index is -4.41. The van der Waals surface area contributed by atoms with Crippen molar-refractivity contribution < 1.29 is 23.1 Å². The summed E-state index contributed by atoms with van der Waals surface area (Å²) < 4.78 is 39.3. The molecule has 0 aliphatic heterocycles. The number of halogens is 3. The Morgan fingerprint density at radius 3 is 2.44 bits per heavy atom. The van der Waals surface area contributed by atoms with Gasteiger partial charge in [-0.3, -0.25) is 4.79 Å². The van der Waals surface area contributed by atoms with Crippen molar-refractivity contribution in [2.45, 2.75) is 62.6 Å². The summed E-state index contributed by atoms with van der Waals surface area (Å²) in [7, 11) is 0. The topological polar surface area (TPSA) is 49.3 Å². The monoisotopic (exact) mass is 355 g/mol. The van der Waals surface area contributed by atoms with Gasteiger partial charge in [-0.15, -0.1) is 0 Å². The van der Waals surface area contributed by atoms with Crippen LogP contribution in [0.15, 0.2) is 24.3 Å². The molecule has 1 aromatic carbocycles. The third-order valence-corrected chi connectivity index (χ3v) is 5.42. The minimum absolute atomic E-state index is 0.190. The van der Waals surface area contributed by atoms with Crippen molar-refractivity contribution in [2.24, 2.45) is 5.92 Å². The molecular formula is C19H24F3NO2. The first-order valence-corrected chi connectivity index (χ1v) is 8.96. The molecule has 0 spiro atoms. The van der Waals surface area contributed by atoms with Crippen molar-refractivity contribution in [3.05, 3.63) is 35.4 Å². The van der Waals surface area contributed by atoms with E-state index in [-0.39, 0.29) is 23.9 Å². The van der Waals surface area contributed by atoms with Crippen LogP contribution in [0.5, 0.6) is 0 Å². The van der Waals surface area contributed by atoms with Gasteiger partial charge in [-0.2, -0.15) is 13.2 Å². The van der Waals surface area contributed by atoms with E-state index in [1.807, 2.05) is 0 Å². The first-order chi connectivity index (χ1) is 11.8. The van der Waals surface area contributed by atoms with E-state index in [0.717, 1.165) is 31.7 Å². The Labute approximate surface area is 145 Å². The van der Waals surface area contributed by atoms with Gasteiger partial charge in [0.25, 0.3) is 0 Å².